The lowest BCUT2D eigenvalue weighted by Crippen LogP contribution is -2.15. The smallest absolute Gasteiger partial charge is 0.435 e. The molecular formula is C29H31F3N8O2S2. The van der Waals surface area contributed by atoms with Crippen molar-refractivity contribution in [2.45, 2.75) is 39.8 Å². The minimum Gasteiger partial charge on any atom is -0.462 e. The van der Waals surface area contributed by atoms with Crippen LogP contribution in [0.5, 0.6) is 0 Å². The van der Waals surface area contributed by atoms with E-state index in [9.17, 15) is 18.0 Å². The van der Waals surface area contributed by atoms with E-state index in [0.29, 0.717) is 17.0 Å². The number of nitrogens with one attached hydrogen (secondary N) is 4. The first kappa shape index (κ1) is 31.1. The van der Waals surface area contributed by atoms with Crippen molar-refractivity contribution in [3.05, 3.63) is 70.2 Å². The lowest BCUT2D eigenvalue weighted by Gasteiger charge is -2.15. The zero-order valence-corrected chi connectivity index (χ0v) is 25.8. The minimum absolute atomic E-state index is 0.0609. The molecule has 0 unspecified atom stereocenters. The molecule has 15 heteroatoms. The van der Waals surface area contributed by atoms with Crippen LogP contribution in [0, 0.1) is 13.8 Å². The molecule has 4 aromatic rings. The van der Waals surface area contributed by atoms with Crippen LogP contribution in [0.1, 0.15) is 46.3 Å². The number of carbonyl (C=O) groups is 1. The fourth-order valence-corrected chi connectivity index (χ4v) is 6.19. The molecule has 5 rings (SSSR count). The third kappa shape index (κ3) is 7.58. The predicted octanol–water partition coefficient (Wildman–Crippen LogP) is 8.91. The lowest BCUT2D eigenvalue weighted by molar-refractivity contribution is -0.141. The summed E-state index contributed by atoms with van der Waals surface area (Å²) in [5.74, 6) is -1.10. The van der Waals surface area contributed by atoms with E-state index in [0.717, 1.165) is 46.3 Å². The number of aryl methyl sites for hydroxylation is 2. The number of alkyl halides is 3. The molecule has 0 atom stereocenters. The van der Waals surface area contributed by atoms with Crippen LogP contribution in [0.15, 0.2) is 58.8 Å². The Labute approximate surface area is 260 Å². The number of aromatic nitrogens is 1. The van der Waals surface area contributed by atoms with Crippen LogP contribution in [-0.2, 0) is 10.9 Å². The quantitative estimate of drug-likeness (QED) is 0.0727. The van der Waals surface area contributed by atoms with Crippen LogP contribution >= 0.6 is 22.7 Å². The van der Waals surface area contributed by atoms with Gasteiger partial charge in [0.05, 0.1) is 34.4 Å². The highest BCUT2D eigenvalue weighted by atomic mass is 32.1. The molecular weight excluding hydrogens is 614 g/mol. The average molecular weight is 645 g/mol. The first-order chi connectivity index (χ1) is 21.1. The van der Waals surface area contributed by atoms with Gasteiger partial charge in [-0.05, 0) is 93.3 Å². The normalized spacial score (nSPS) is 13.4. The number of carbonyl (C=O) groups excluding carboxylic acids is 1. The summed E-state index contributed by atoms with van der Waals surface area (Å²) in [6.45, 7) is 7.48. The molecule has 2 aromatic carbocycles. The first-order valence-electron chi connectivity index (χ1n) is 13.9. The number of halogens is 3. The minimum atomic E-state index is -4.82. The van der Waals surface area contributed by atoms with Crippen molar-refractivity contribution >= 4 is 66.5 Å². The molecule has 232 valence electrons. The second-order valence-corrected chi connectivity index (χ2v) is 12.0. The molecule has 0 radical (unpaired) electrons. The van der Waals surface area contributed by atoms with Gasteiger partial charge >= 0.3 is 12.1 Å². The van der Waals surface area contributed by atoms with Crippen molar-refractivity contribution in [2.24, 2.45) is 10.2 Å². The Hall–Kier alpha value is -4.37. The van der Waals surface area contributed by atoms with Crippen LogP contribution in [0.25, 0.3) is 0 Å². The number of thiophene rings is 1. The molecule has 1 saturated heterocycles. The van der Waals surface area contributed by atoms with Crippen molar-refractivity contribution in [3.63, 3.8) is 0 Å². The first-order valence-corrected chi connectivity index (χ1v) is 15.5. The number of esters is 1. The SMILES string of the molecule is CCOC(=O)c1sc(/N=N/c2ccc(NNc3ccc(NNc4ccc(N5CCCC5)s4)cc3C)cc2C)nc1C(F)(F)F. The molecule has 44 heavy (non-hydrogen) atoms. The van der Waals surface area contributed by atoms with Crippen LogP contribution in [0.3, 0.4) is 0 Å². The van der Waals surface area contributed by atoms with E-state index in [4.69, 9.17) is 4.74 Å². The molecule has 0 bridgehead atoms. The number of hydrazine groups is 2. The number of azo groups is 1. The second kappa shape index (κ2) is 13.5. The predicted molar refractivity (Wildman–Crippen MR) is 170 cm³/mol. The second-order valence-electron chi connectivity index (χ2n) is 9.96. The third-order valence-electron chi connectivity index (χ3n) is 6.69. The molecule has 2 aromatic heterocycles. The van der Waals surface area contributed by atoms with E-state index in [2.05, 4.69) is 53.9 Å². The van der Waals surface area contributed by atoms with E-state index >= 15 is 0 Å². The van der Waals surface area contributed by atoms with Crippen molar-refractivity contribution in [2.75, 3.05) is 46.3 Å². The fraction of sp³-hybridized carbons (Fsp3) is 0.310. The van der Waals surface area contributed by atoms with Gasteiger partial charge in [0.1, 0.15) is 9.88 Å². The van der Waals surface area contributed by atoms with Crippen molar-refractivity contribution < 1.29 is 22.7 Å². The summed E-state index contributed by atoms with van der Waals surface area (Å²) in [6, 6.07) is 15.4. The summed E-state index contributed by atoms with van der Waals surface area (Å²) in [5.41, 5.74) is 16.3. The van der Waals surface area contributed by atoms with Gasteiger partial charge < -0.3 is 25.9 Å². The zero-order valence-electron chi connectivity index (χ0n) is 24.2. The maximum Gasteiger partial charge on any atom is 0.435 e. The molecule has 1 aliphatic rings. The molecule has 0 saturated carbocycles. The van der Waals surface area contributed by atoms with E-state index in [1.807, 2.05) is 31.2 Å². The van der Waals surface area contributed by atoms with Gasteiger partial charge in [-0.1, -0.05) is 22.7 Å². The summed E-state index contributed by atoms with van der Waals surface area (Å²) in [7, 11) is 0. The van der Waals surface area contributed by atoms with Gasteiger partial charge in [-0.3, -0.25) is 5.43 Å². The highest BCUT2D eigenvalue weighted by Crippen LogP contribution is 2.38. The van der Waals surface area contributed by atoms with Gasteiger partial charge in [0.25, 0.3) is 0 Å². The molecule has 1 fully saturated rings. The Morgan fingerprint density at radius 2 is 1.64 bits per heavy atom. The van der Waals surface area contributed by atoms with Crippen LogP contribution in [0.4, 0.5) is 51.1 Å². The van der Waals surface area contributed by atoms with E-state index in [-0.39, 0.29) is 11.7 Å². The Bertz CT molecular complexity index is 1650. The van der Waals surface area contributed by atoms with E-state index < -0.39 is 22.7 Å². The Kier molecular flexibility index (Phi) is 9.54. The van der Waals surface area contributed by atoms with Gasteiger partial charge in [0.2, 0.25) is 5.13 Å². The number of hydrogen-bond acceptors (Lipinski definition) is 12. The van der Waals surface area contributed by atoms with Crippen molar-refractivity contribution in [1.82, 2.24) is 4.98 Å². The van der Waals surface area contributed by atoms with Gasteiger partial charge in [0.15, 0.2) is 5.69 Å². The van der Waals surface area contributed by atoms with Gasteiger partial charge in [-0.25, -0.2) is 9.78 Å². The third-order valence-corrected chi connectivity index (χ3v) is 8.67. The fourth-order valence-electron chi connectivity index (χ4n) is 4.48. The number of thiazole rings is 1. The van der Waals surface area contributed by atoms with E-state index in [1.54, 1.807) is 30.4 Å². The molecule has 1 aliphatic heterocycles. The van der Waals surface area contributed by atoms with Gasteiger partial charge in [-0.15, -0.1) is 10.2 Å². The van der Waals surface area contributed by atoms with E-state index in [1.165, 1.54) is 24.8 Å². The summed E-state index contributed by atoms with van der Waals surface area (Å²) in [5, 5.41) is 9.93. The number of anilines is 5. The molecule has 0 amide bonds. The van der Waals surface area contributed by atoms with Gasteiger partial charge in [0, 0.05) is 13.1 Å². The summed E-state index contributed by atoms with van der Waals surface area (Å²) in [4.78, 5) is 17.2. The molecule has 0 aliphatic carbocycles. The van der Waals surface area contributed by atoms with Crippen molar-refractivity contribution in [1.29, 1.82) is 0 Å². The average Bonchev–Trinajstić information content (AvgIpc) is 3.76. The largest absolute Gasteiger partial charge is 0.462 e. The van der Waals surface area contributed by atoms with Crippen molar-refractivity contribution in [3.8, 4) is 0 Å². The zero-order chi connectivity index (χ0) is 31.3. The summed E-state index contributed by atoms with van der Waals surface area (Å²) < 4.78 is 44.8. The highest BCUT2D eigenvalue weighted by Gasteiger charge is 2.40. The maximum atomic E-state index is 13.4. The van der Waals surface area contributed by atoms with Crippen LogP contribution < -0.4 is 26.6 Å². The molecule has 3 heterocycles. The molecule has 4 N–H and O–H groups in total. The standard InChI is InChI=1S/C29H31F3N8O2S2/c1-4-42-27(41)25-26(29(30,31)32)33-28(44-25)39-37-22-10-7-19(15-18(22)3)34-36-21-9-8-20(16-17(21)2)35-38-23-11-12-24(43-23)40-13-5-6-14-40/h7-12,15-16,34-36,38H,4-6,13-14H2,1-3H3/b39-37+. The van der Waals surface area contributed by atoms with Crippen LogP contribution in [0.2, 0.25) is 0 Å². The number of ether oxygens (including phenoxy) is 1. The Morgan fingerprint density at radius 1 is 0.932 bits per heavy atom. The monoisotopic (exact) mass is 644 g/mol. The number of benzene rings is 2. The molecule has 10 nitrogen and oxygen atoms in total. The maximum absolute atomic E-state index is 13.4. The lowest BCUT2D eigenvalue weighted by atomic mass is 10.2. The number of rotatable bonds is 11. The molecule has 0 spiro atoms. The van der Waals surface area contributed by atoms with Crippen LogP contribution in [-0.4, -0.2) is 30.6 Å². The number of nitrogens with zero attached hydrogens (tertiary/aromatic N) is 4. The summed E-state index contributed by atoms with van der Waals surface area (Å²) in [6.07, 6.45) is -2.33. The highest BCUT2D eigenvalue weighted by molar-refractivity contribution is 7.20. The number of hydrogen-bond donors (Lipinski definition) is 4. The topological polar surface area (TPSA) is 115 Å². The summed E-state index contributed by atoms with van der Waals surface area (Å²) >= 11 is 2.21. The Balaban J connectivity index is 1.17. The van der Waals surface area contributed by atoms with Gasteiger partial charge in [-0.2, -0.15) is 13.2 Å². The Morgan fingerprint density at radius 3 is 2.32 bits per heavy atom.